The largest absolute Gasteiger partial charge is 0.455 e. The highest BCUT2D eigenvalue weighted by Gasteiger charge is 2.23. The average molecular weight is 384 g/mol. The molecule has 0 aliphatic carbocycles. The smallest absolute Gasteiger partial charge is 0.289 e. The molecule has 1 aromatic heterocycles. The third-order valence-corrected chi connectivity index (χ3v) is 5.71. The van der Waals surface area contributed by atoms with Gasteiger partial charge in [-0.3, -0.25) is 4.79 Å². The summed E-state index contributed by atoms with van der Waals surface area (Å²) in [5.74, 6) is -0.332. The second-order valence-corrected chi connectivity index (χ2v) is 8.27. The number of nitrogens with zero attached hydrogens (tertiary/aromatic N) is 1. The fourth-order valence-electron chi connectivity index (χ4n) is 2.61. The fraction of sp³-hybridized carbons (Fsp3) is 0.353. The van der Waals surface area contributed by atoms with Crippen molar-refractivity contribution in [3.63, 3.8) is 0 Å². The van der Waals surface area contributed by atoms with Crippen molar-refractivity contribution in [1.29, 1.82) is 0 Å². The molecule has 0 N–H and O–H groups in total. The van der Waals surface area contributed by atoms with Gasteiger partial charge in [0.2, 0.25) is 0 Å². The molecule has 1 aliphatic heterocycles. The zero-order valence-electron chi connectivity index (χ0n) is 13.5. The van der Waals surface area contributed by atoms with Crippen LogP contribution in [0.25, 0.3) is 0 Å². The van der Waals surface area contributed by atoms with Gasteiger partial charge in [0.15, 0.2) is 15.6 Å². The van der Waals surface area contributed by atoms with Crippen LogP contribution in [0.2, 0.25) is 5.02 Å². The quantitative estimate of drug-likeness (QED) is 0.792. The van der Waals surface area contributed by atoms with Gasteiger partial charge >= 0.3 is 0 Å². The van der Waals surface area contributed by atoms with Crippen LogP contribution in [-0.4, -0.2) is 45.5 Å². The van der Waals surface area contributed by atoms with Gasteiger partial charge in [-0.1, -0.05) is 29.8 Å². The lowest BCUT2D eigenvalue weighted by Gasteiger charge is -2.25. The number of ether oxygens (including phenoxy) is 1. The molecule has 0 radical (unpaired) electrons. The number of furan rings is 1. The van der Waals surface area contributed by atoms with Crippen molar-refractivity contribution in [1.82, 2.24) is 4.90 Å². The van der Waals surface area contributed by atoms with Crippen LogP contribution in [0.15, 0.2) is 40.8 Å². The van der Waals surface area contributed by atoms with E-state index < -0.39 is 9.84 Å². The number of sulfone groups is 1. The average Bonchev–Trinajstić information content (AvgIpc) is 3.04. The van der Waals surface area contributed by atoms with E-state index in [1.54, 1.807) is 29.2 Å². The first-order valence-electron chi connectivity index (χ1n) is 7.84. The minimum Gasteiger partial charge on any atom is -0.455 e. The predicted octanol–water partition coefficient (Wildman–Crippen LogP) is 2.52. The predicted molar refractivity (Wildman–Crippen MR) is 93.2 cm³/mol. The summed E-state index contributed by atoms with van der Waals surface area (Å²) in [7, 11) is -3.47. The molecule has 1 fully saturated rings. The molecule has 0 atom stereocenters. The number of benzene rings is 1. The Hall–Kier alpha value is -1.83. The van der Waals surface area contributed by atoms with E-state index in [9.17, 15) is 13.2 Å². The Bertz CT molecular complexity index is 855. The Morgan fingerprint density at radius 2 is 1.80 bits per heavy atom. The third kappa shape index (κ3) is 4.62. The van der Waals surface area contributed by atoms with Gasteiger partial charge < -0.3 is 14.1 Å². The first-order valence-corrected chi connectivity index (χ1v) is 10.0. The number of hydrogen-bond donors (Lipinski definition) is 0. The number of rotatable bonds is 5. The summed E-state index contributed by atoms with van der Waals surface area (Å²) in [5.41, 5.74) is 0.542. The van der Waals surface area contributed by atoms with Crippen molar-refractivity contribution in [3.8, 4) is 0 Å². The molecular formula is C17H18ClNO5S. The Balaban J connectivity index is 1.68. The summed E-state index contributed by atoms with van der Waals surface area (Å²) in [6, 6.07) is 9.85. The molecule has 0 saturated carbocycles. The van der Waals surface area contributed by atoms with Crippen LogP contribution in [0.5, 0.6) is 0 Å². The van der Waals surface area contributed by atoms with Crippen LogP contribution in [0, 0.1) is 0 Å². The highest BCUT2D eigenvalue weighted by Crippen LogP contribution is 2.21. The third-order valence-electron chi connectivity index (χ3n) is 3.87. The maximum absolute atomic E-state index is 12.4. The molecule has 0 spiro atoms. The summed E-state index contributed by atoms with van der Waals surface area (Å²) in [5, 5.41) is 0.411. The minimum atomic E-state index is -3.47. The molecule has 25 heavy (non-hydrogen) atoms. The first-order chi connectivity index (χ1) is 11.9. The molecule has 8 heteroatoms. The van der Waals surface area contributed by atoms with Gasteiger partial charge in [-0.05, 0) is 23.8 Å². The molecule has 134 valence electrons. The Morgan fingerprint density at radius 3 is 2.52 bits per heavy atom. The molecule has 0 bridgehead atoms. The molecule has 1 amide bonds. The van der Waals surface area contributed by atoms with Gasteiger partial charge in [0.25, 0.3) is 5.91 Å². The molecule has 0 unspecified atom stereocenters. The highest BCUT2D eigenvalue weighted by molar-refractivity contribution is 7.89. The van der Waals surface area contributed by atoms with E-state index in [-0.39, 0.29) is 28.9 Å². The maximum atomic E-state index is 12.4. The van der Waals surface area contributed by atoms with Crippen molar-refractivity contribution < 1.29 is 22.4 Å². The minimum absolute atomic E-state index is 0.143. The van der Waals surface area contributed by atoms with Crippen LogP contribution in [-0.2, 0) is 26.1 Å². The Morgan fingerprint density at radius 1 is 1.08 bits per heavy atom. The lowest BCUT2D eigenvalue weighted by Crippen LogP contribution is -2.40. The topological polar surface area (TPSA) is 76.8 Å². The molecule has 6 nitrogen and oxygen atoms in total. The Kier molecular flexibility index (Phi) is 5.46. The van der Waals surface area contributed by atoms with E-state index in [1.165, 1.54) is 12.1 Å². The second-order valence-electron chi connectivity index (χ2n) is 5.79. The molecular weight excluding hydrogens is 366 g/mol. The molecule has 1 aromatic carbocycles. The normalized spacial score (nSPS) is 15.3. The van der Waals surface area contributed by atoms with E-state index in [1.807, 2.05) is 0 Å². The van der Waals surface area contributed by atoms with Crippen LogP contribution in [0.3, 0.4) is 0 Å². The number of hydrogen-bond acceptors (Lipinski definition) is 5. The van der Waals surface area contributed by atoms with Crippen molar-refractivity contribution >= 4 is 27.3 Å². The van der Waals surface area contributed by atoms with Crippen molar-refractivity contribution in [2.45, 2.75) is 11.5 Å². The molecule has 1 saturated heterocycles. The first kappa shape index (κ1) is 18.0. The van der Waals surface area contributed by atoms with Crippen LogP contribution < -0.4 is 0 Å². The second kappa shape index (κ2) is 7.59. The standard InChI is InChI=1S/C17H18ClNO5S/c18-15-4-2-1-3-13(15)11-25(21,22)12-14-5-6-16(24-14)17(20)19-7-9-23-10-8-19/h1-6H,7-12H2. The van der Waals surface area contributed by atoms with E-state index in [0.29, 0.717) is 36.9 Å². The number of amides is 1. The number of morpholine rings is 1. The van der Waals surface area contributed by atoms with Gasteiger partial charge in [0.05, 0.1) is 19.0 Å². The Labute approximate surface area is 151 Å². The van der Waals surface area contributed by atoms with Gasteiger partial charge in [-0.2, -0.15) is 0 Å². The van der Waals surface area contributed by atoms with Gasteiger partial charge in [-0.25, -0.2) is 8.42 Å². The summed E-state index contributed by atoms with van der Waals surface area (Å²) in [4.78, 5) is 14.0. The SMILES string of the molecule is O=C(c1ccc(CS(=O)(=O)Cc2ccccc2Cl)o1)N1CCOCC1. The highest BCUT2D eigenvalue weighted by atomic mass is 35.5. The lowest BCUT2D eigenvalue weighted by molar-refractivity contribution is 0.0282. The summed E-state index contributed by atoms with van der Waals surface area (Å²) in [6.07, 6.45) is 0. The van der Waals surface area contributed by atoms with Gasteiger partial charge in [-0.15, -0.1) is 0 Å². The van der Waals surface area contributed by atoms with Crippen LogP contribution >= 0.6 is 11.6 Å². The van der Waals surface area contributed by atoms with Crippen molar-refractivity contribution in [2.75, 3.05) is 26.3 Å². The lowest BCUT2D eigenvalue weighted by atomic mass is 10.2. The molecule has 1 aliphatic rings. The molecule has 3 rings (SSSR count). The summed E-state index contributed by atoms with van der Waals surface area (Å²) < 4.78 is 35.4. The fourth-order valence-corrected chi connectivity index (χ4v) is 4.31. The van der Waals surface area contributed by atoms with E-state index in [4.69, 9.17) is 20.8 Å². The van der Waals surface area contributed by atoms with E-state index in [2.05, 4.69) is 0 Å². The van der Waals surface area contributed by atoms with E-state index >= 15 is 0 Å². The van der Waals surface area contributed by atoms with Gasteiger partial charge in [0, 0.05) is 18.1 Å². The van der Waals surface area contributed by atoms with Gasteiger partial charge in [0.1, 0.15) is 11.5 Å². The van der Waals surface area contributed by atoms with Crippen molar-refractivity contribution in [2.24, 2.45) is 0 Å². The number of halogens is 1. The van der Waals surface area contributed by atoms with Crippen LogP contribution in [0.1, 0.15) is 21.9 Å². The van der Waals surface area contributed by atoms with E-state index in [0.717, 1.165) is 0 Å². The molecule has 2 aromatic rings. The maximum Gasteiger partial charge on any atom is 0.289 e. The number of carbonyl (C=O) groups is 1. The van der Waals surface area contributed by atoms with Crippen molar-refractivity contribution in [3.05, 3.63) is 58.5 Å². The molecule has 2 heterocycles. The zero-order valence-corrected chi connectivity index (χ0v) is 15.1. The number of carbonyl (C=O) groups excluding carboxylic acids is 1. The monoisotopic (exact) mass is 383 g/mol. The zero-order chi connectivity index (χ0) is 17.9. The summed E-state index contributed by atoms with van der Waals surface area (Å²) >= 11 is 6.02. The summed E-state index contributed by atoms with van der Waals surface area (Å²) in [6.45, 7) is 1.98. The van der Waals surface area contributed by atoms with Crippen LogP contribution in [0.4, 0.5) is 0 Å².